The molecule has 1 unspecified atom stereocenters. The van der Waals surface area contributed by atoms with Gasteiger partial charge in [0.1, 0.15) is 11.6 Å². The fourth-order valence-electron chi connectivity index (χ4n) is 2.73. The molecule has 0 radical (unpaired) electrons. The molecule has 0 aliphatic rings. The Bertz CT molecular complexity index is 867. The second kappa shape index (κ2) is 8.34. The third-order valence-electron chi connectivity index (χ3n) is 4.14. The normalized spacial score (nSPS) is 11.8. The maximum absolute atomic E-state index is 13.8. The fraction of sp³-hybridized carbons (Fsp3) is 0.143. The fourth-order valence-corrected chi connectivity index (χ4v) is 2.73. The van der Waals surface area contributed by atoms with Crippen LogP contribution < -0.4 is 5.32 Å². The van der Waals surface area contributed by atoms with Gasteiger partial charge in [0.15, 0.2) is 0 Å². The van der Waals surface area contributed by atoms with Crippen LogP contribution in [0.5, 0.6) is 0 Å². The molecule has 1 N–H and O–H groups in total. The SMILES string of the molecule is O=C(NCc1ccccc1F)C(Cc1ccccn1)c1ccc(F)cc1. The number of halogens is 2. The zero-order chi connectivity index (χ0) is 18.4. The summed E-state index contributed by atoms with van der Waals surface area (Å²) in [5.74, 6) is -1.53. The highest BCUT2D eigenvalue weighted by Crippen LogP contribution is 2.21. The molecule has 1 amide bonds. The molecule has 26 heavy (non-hydrogen) atoms. The summed E-state index contributed by atoms with van der Waals surface area (Å²) < 4.78 is 27.0. The van der Waals surface area contributed by atoms with E-state index in [1.807, 2.05) is 12.1 Å². The van der Waals surface area contributed by atoms with Gasteiger partial charge in [-0.25, -0.2) is 8.78 Å². The molecule has 0 aliphatic heterocycles. The van der Waals surface area contributed by atoms with E-state index in [9.17, 15) is 13.6 Å². The number of hydrogen-bond acceptors (Lipinski definition) is 2. The van der Waals surface area contributed by atoms with Gasteiger partial charge >= 0.3 is 0 Å². The largest absolute Gasteiger partial charge is 0.351 e. The Hall–Kier alpha value is -3.08. The summed E-state index contributed by atoms with van der Waals surface area (Å²) in [6.07, 6.45) is 2.03. The van der Waals surface area contributed by atoms with Crippen LogP contribution in [0.1, 0.15) is 22.7 Å². The average molecular weight is 352 g/mol. The second-order valence-electron chi connectivity index (χ2n) is 5.94. The van der Waals surface area contributed by atoms with Gasteiger partial charge in [-0.05, 0) is 35.9 Å². The molecule has 0 spiro atoms. The van der Waals surface area contributed by atoms with Crippen LogP contribution in [0.4, 0.5) is 8.78 Å². The number of nitrogens with one attached hydrogen (secondary N) is 1. The summed E-state index contributed by atoms with van der Waals surface area (Å²) in [5.41, 5.74) is 1.85. The van der Waals surface area contributed by atoms with Crippen LogP contribution in [-0.2, 0) is 17.8 Å². The lowest BCUT2D eigenvalue weighted by molar-refractivity contribution is -0.122. The summed E-state index contributed by atoms with van der Waals surface area (Å²) in [7, 11) is 0. The number of carbonyl (C=O) groups excluding carboxylic acids is 1. The van der Waals surface area contributed by atoms with Crippen LogP contribution in [0.2, 0.25) is 0 Å². The van der Waals surface area contributed by atoms with Crippen molar-refractivity contribution in [1.29, 1.82) is 0 Å². The van der Waals surface area contributed by atoms with Crippen LogP contribution in [-0.4, -0.2) is 10.9 Å². The maximum Gasteiger partial charge on any atom is 0.228 e. The van der Waals surface area contributed by atoms with Gasteiger partial charge in [-0.15, -0.1) is 0 Å². The molecule has 132 valence electrons. The minimum atomic E-state index is -0.544. The van der Waals surface area contributed by atoms with E-state index >= 15 is 0 Å². The quantitative estimate of drug-likeness (QED) is 0.728. The van der Waals surface area contributed by atoms with E-state index in [1.54, 1.807) is 42.6 Å². The molecule has 0 fully saturated rings. The number of carbonyl (C=O) groups is 1. The number of aromatic nitrogens is 1. The molecule has 1 aromatic heterocycles. The van der Waals surface area contributed by atoms with Crippen molar-refractivity contribution in [2.45, 2.75) is 18.9 Å². The van der Waals surface area contributed by atoms with Gasteiger partial charge in [-0.3, -0.25) is 9.78 Å². The van der Waals surface area contributed by atoms with Crippen LogP contribution >= 0.6 is 0 Å². The second-order valence-corrected chi connectivity index (χ2v) is 5.94. The molecule has 0 saturated carbocycles. The Morgan fingerprint density at radius 3 is 2.38 bits per heavy atom. The molecule has 0 aliphatic carbocycles. The lowest BCUT2D eigenvalue weighted by Gasteiger charge is -2.17. The number of benzene rings is 2. The molecule has 3 nitrogen and oxygen atoms in total. The van der Waals surface area contributed by atoms with E-state index in [0.717, 1.165) is 5.69 Å². The molecule has 1 heterocycles. The highest BCUT2D eigenvalue weighted by molar-refractivity contribution is 5.83. The van der Waals surface area contributed by atoms with E-state index in [1.165, 1.54) is 18.2 Å². The van der Waals surface area contributed by atoms with Crippen molar-refractivity contribution < 1.29 is 13.6 Å². The lowest BCUT2D eigenvalue weighted by Crippen LogP contribution is -2.30. The van der Waals surface area contributed by atoms with Gasteiger partial charge in [-0.2, -0.15) is 0 Å². The minimum absolute atomic E-state index is 0.0887. The highest BCUT2D eigenvalue weighted by Gasteiger charge is 2.22. The molecule has 5 heteroatoms. The van der Waals surface area contributed by atoms with Gasteiger partial charge in [0.25, 0.3) is 0 Å². The average Bonchev–Trinajstić information content (AvgIpc) is 2.67. The zero-order valence-corrected chi connectivity index (χ0v) is 14.0. The van der Waals surface area contributed by atoms with Gasteiger partial charge < -0.3 is 5.32 Å². The third kappa shape index (κ3) is 4.51. The van der Waals surface area contributed by atoms with Crippen LogP contribution in [0.15, 0.2) is 72.9 Å². The molecule has 3 aromatic rings. The van der Waals surface area contributed by atoms with E-state index in [0.29, 0.717) is 17.5 Å². The predicted molar refractivity (Wildman–Crippen MR) is 95.3 cm³/mol. The Kier molecular flexibility index (Phi) is 5.69. The Balaban J connectivity index is 1.78. The molecule has 2 aromatic carbocycles. The first-order valence-corrected chi connectivity index (χ1v) is 8.30. The van der Waals surface area contributed by atoms with E-state index in [2.05, 4.69) is 10.3 Å². The number of hydrogen-bond donors (Lipinski definition) is 1. The smallest absolute Gasteiger partial charge is 0.228 e. The zero-order valence-electron chi connectivity index (χ0n) is 14.0. The van der Waals surface area contributed by atoms with Crippen molar-refractivity contribution in [3.05, 3.63) is 101 Å². The maximum atomic E-state index is 13.8. The summed E-state index contributed by atoms with van der Waals surface area (Å²) in [6, 6.07) is 17.6. The van der Waals surface area contributed by atoms with Crippen molar-refractivity contribution in [3.8, 4) is 0 Å². The van der Waals surface area contributed by atoms with E-state index in [-0.39, 0.29) is 24.1 Å². The third-order valence-corrected chi connectivity index (χ3v) is 4.14. The predicted octanol–water partition coefficient (Wildman–Crippen LogP) is 4.00. The monoisotopic (exact) mass is 352 g/mol. The number of amides is 1. The van der Waals surface area contributed by atoms with E-state index in [4.69, 9.17) is 0 Å². The van der Waals surface area contributed by atoms with Crippen molar-refractivity contribution in [3.63, 3.8) is 0 Å². The topological polar surface area (TPSA) is 42.0 Å². The molecule has 3 rings (SSSR count). The minimum Gasteiger partial charge on any atom is -0.351 e. The van der Waals surface area contributed by atoms with Crippen LogP contribution in [0.3, 0.4) is 0 Å². The summed E-state index contributed by atoms with van der Waals surface area (Å²) in [5, 5.41) is 2.77. The summed E-state index contributed by atoms with van der Waals surface area (Å²) in [6.45, 7) is 0.0887. The molecule has 0 bridgehead atoms. The molecular weight excluding hydrogens is 334 g/mol. The number of nitrogens with zero attached hydrogens (tertiary/aromatic N) is 1. The number of rotatable bonds is 6. The summed E-state index contributed by atoms with van der Waals surface area (Å²) in [4.78, 5) is 17.0. The molecular formula is C21H18F2N2O. The standard InChI is InChI=1S/C21H18F2N2O/c22-17-10-8-15(9-11-17)19(13-18-6-3-4-12-24-18)21(26)25-14-16-5-1-2-7-20(16)23/h1-12,19H,13-14H2,(H,25,26). The van der Waals surface area contributed by atoms with Gasteiger partial charge in [0.05, 0.1) is 5.92 Å². The van der Waals surface area contributed by atoms with Gasteiger partial charge in [0, 0.05) is 30.4 Å². The van der Waals surface area contributed by atoms with Crippen LogP contribution in [0, 0.1) is 11.6 Å². The first kappa shape index (κ1) is 17.7. The Morgan fingerprint density at radius 2 is 1.69 bits per heavy atom. The van der Waals surface area contributed by atoms with Crippen molar-refractivity contribution in [1.82, 2.24) is 10.3 Å². The van der Waals surface area contributed by atoms with Gasteiger partial charge in [-0.1, -0.05) is 36.4 Å². The molecule has 1 atom stereocenters. The van der Waals surface area contributed by atoms with Crippen molar-refractivity contribution >= 4 is 5.91 Å². The molecule has 0 saturated heterocycles. The van der Waals surface area contributed by atoms with E-state index < -0.39 is 5.92 Å². The van der Waals surface area contributed by atoms with Crippen LogP contribution in [0.25, 0.3) is 0 Å². The van der Waals surface area contributed by atoms with Crippen molar-refractivity contribution in [2.24, 2.45) is 0 Å². The number of pyridine rings is 1. The summed E-state index contributed by atoms with van der Waals surface area (Å²) >= 11 is 0. The van der Waals surface area contributed by atoms with Gasteiger partial charge in [0.2, 0.25) is 5.91 Å². The van der Waals surface area contributed by atoms with Crippen molar-refractivity contribution in [2.75, 3.05) is 0 Å². The highest BCUT2D eigenvalue weighted by atomic mass is 19.1. The first-order chi connectivity index (χ1) is 12.6. The Morgan fingerprint density at radius 1 is 0.962 bits per heavy atom. The Labute approximate surface area is 150 Å². The first-order valence-electron chi connectivity index (χ1n) is 8.30. The lowest BCUT2D eigenvalue weighted by atomic mass is 9.93.